The minimum absolute atomic E-state index is 0.100. The first-order chi connectivity index (χ1) is 18.5. The summed E-state index contributed by atoms with van der Waals surface area (Å²) in [5, 5.41) is 2.79. The molecule has 0 saturated carbocycles. The molecule has 0 radical (unpaired) electrons. The molecule has 1 aliphatic heterocycles. The summed E-state index contributed by atoms with van der Waals surface area (Å²) in [6.07, 6.45) is 3.21. The Labute approximate surface area is 219 Å². The molecule has 0 aliphatic carbocycles. The van der Waals surface area contributed by atoms with E-state index < -0.39 is 17.7 Å². The van der Waals surface area contributed by atoms with Gasteiger partial charge in [-0.2, -0.15) is 0 Å². The van der Waals surface area contributed by atoms with Gasteiger partial charge in [-0.3, -0.25) is 19.2 Å². The molecule has 7 nitrogen and oxygen atoms in total. The van der Waals surface area contributed by atoms with Gasteiger partial charge < -0.3 is 10.1 Å². The Morgan fingerprint density at radius 3 is 2.18 bits per heavy atom. The van der Waals surface area contributed by atoms with Crippen LogP contribution in [-0.2, 0) is 0 Å². The average Bonchev–Trinajstić information content (AvgIpc) is 3.21. The third-order valence-electron chi connectivity index (χ3n) is 6.13. The third-order valence-corrected chi connectivity index (χ3v) is 6.13. The number of anilines is 2. The molecule has 186 valence electrons. The second-order valence-electron chi connectivity index (χ2n) is 8.52. The second kappa shape index (κ2) is 10.4. The molecule has 0 fully saturated rings. The molecule has 5 rings (SSSR count). The summed E-state index contributed by atoms with van der Waals surface area (Å²) < 4.78 is 5.31. The maximum absolute atomic E-state index is 13.1. The van der Waals surface area contributed by atoms with Crippen LogP contribution in [0, 0.1) is 0 Å². The van der Waals surface area contributed by atoms with Gasteiger partial charge in [0.05, 0.1) is 23.9 Å². The highest BCUT2D eigenvalue weighted by atomic mass is 16.5. The lowest BCUT2D eigenvalue weighted by Gasteiger charge is -2.16. The maximum atomic E-state index is 13.1. The Balaban J connectivity index is 1.29. The standard InChI is InChI=1S/C31H22N2O5/c1-38-28-10-6-5-9-26(28)33-30(36)24-17-14-22(19-25(24)31(33)37)29(35)32-23-15-11-20(12-16-23)13-18-27(34)21-7-3-2-4-8-21/h2-19H,1H3,(H,32,35). The number of nitrogens with one attached hydrogen (secondary N) is 1. The van der Waals surface area contributed by atoms with Gasteiger partial charge in [-0.05, 0) is 54.1 Å². The molecule has 0 aromatic heterocycles. The van der Waals surface area contributed by atoms with Crippen LogP contribution in [-0.4, -0.2) is 30.6 Å². The Kier molecular flexibility index (Phi) is 6.65. The van der Waals surface area contributed by atoms with Gasteiger partial charge in [0.2, 0.25) is 0 Å². The molecule has 38 heavy (non-hydrogen) atoms. The SMILES string of the molecule is COc1ccccc1N1C(=O)c2ccc(C(=O)Nc3ccc(C=CC(=O)c4ccccc4)cc3)cc2C1=O. The number of benzene rings is 4. The summed E-state index contributed by atoms with van der Waals surface area (Å²) in [4.78, 5) is 52.3. The first-order valence-corrected chi connectivity index (χ1v) is 11.8. The molecule has 0 bridgehead atoms. The van der Waals surface area contributed by atoms with Crippen LogP contribution in [0.5, 0.6) is 5.75 Å². The molecule has 0 spiro atoms. The zero-order chi connectivity index (χ0) is 26.6. The van der Waals surface area contributed by atoms with E-state index >= 15 is 0 Å². The van der Waals surface area contributed by atoms with E-state index in [1.165, 1.54) is 31.4 Å². The molecule has 4 aromatic carbocycles. The molecule has 7 heteroatoms. The highest BCUT2D eigenvalue weighted by Crippen LogP contribution is 2.35. The van der Waals surface area contributed by atoms with Crippen molar-refractivity contribution in [2.45, 2.75) is 0 Å². The zero-order valence-corrected chi connectivity index (χ0v) is 20.4. The Hall–Kier alpha value is -5.30. The molecule has 0 unspecified atom stereocenters. The molecule has 0 saturated heterocycles. The number of fused-ring (bicyclic) bond motifs is 1. The molecule has 1 aliphatic rings. The van der Waals surface area contributed by atoms with Crippen LogP contribution in [0.3, 0.4) is 0 Å². The maximum Gasteiger partial charge on any atom is 0.266 e. The van der Waals surface area contributed by atoms with E-state index in [0.29, 0.717) is 22.7 Å². The largest absolute Gasteiger partial charge is 0.495 e. The Morgan fingerprint density at radius 2 is 1.45 bits per heavy atom. The lowest BCUT2D eigenvalue weighted by Crippen LogP contribution is -2.29. The number of rotatable bonds is 7. The van der Waals surface area contributed by atoms with E-state index in [1.807, 2.05) is 18.2 Å². The predicted molar refractivity (Wildman–Crippen MR) is 145 cm³/mol. The van der Waals surface area contributed by atoms with Gasteiger partial charge in [-0.25, -0.2) is 4.90 Å². The molecular weight excluding hydrogens is 480 g/mol. The van der Waals surface area contributed by atoms with E-state index in [1.54, 1.807) is 66.7 Å². The number of ketones is 1. The highest BCUT2D eigenvalue weighted by molar-refractivity contribution is 6.35. The van der Waals surface area contributed by atoms with E-state index in [9.17, 15) is 19.2 Å². The number of imide groups is 1. The number of ether oxygens (including phenoxy) is 1. The lowest BCUT2D eigenvalue weighted by molar-refractivity contribution is 0.0923. The van der Waals surface area contributed by atoms with Crippen LogP contribution < -0.4 is 15.0 Å². The minimum atomic E-state index is -0.523. The number of para-hydroxylation sites is 2. The summed E-state index contributed by atoms with van der Waals surface area (Å²) in [6, 6.07) is 27.1. The van der Waals surface area contributed by atoms with Crippen LogP contribution in [0.15, 0.2) is 103 Å². The summed E-state index contributed by atoms with van der Waals surface area (Å²) >= 11 is 0. The summed E-state index contributed by atoms with van der Waals surface area (Å²) in [6.45, 7) is 0. The van der Waals surface area contributed by atoms with E-state index in [0.717, 1.165) is 10.5 Å². The zero-order valence-electron chi connectivity index (χ0n) is 20.4. The van der Waals surface area contributed by atoms with Crippen molar-refractivity contribution in [2.24, 2.45) is 0 Å². The van der Waals surface area contributed by atoms with Gasteiger partial charge in [0, 0.05) is 16.8 Å². The van der Waals surface area contributed by atoms with E-state index in [-0.39, 0.29) is 22.5 Å². The number of hydrogen-bond donors (Lipinski definition) is 1. The fourth-order valence-corrected chi connectivity index (χ4v) is 4.17. The molecule has 4 aromatic rings. The second-order valence-corrected chi connectivity index (χ2v) is 8.52. The Morgan fingerprint density at radius 1 is 0.763 bits per heavy atom. The smallest absolute Gasteiger partial charge is 0.266 e. The van der Waals surface area contributed by atoms with Crippen LogP contribution in [0.2, 0.25) is 0 Å². The van der Waals surface area contributed by atoms with Gasteiger partial charge in [-0.15, -0.1) is 0 Å². The third kappa shape index (κ3) is 4.73. The summed E-state index contributed by atoms with van der Waals surface area (Å²) in [5.74, 6) is -1.13. The first kappa shape index (κ1) is 24.4. The van der Waals surface area contributed by atoms with Crippen LogP contribution in [0.4, 0.5) is 11.4 Å². The van der Waals surface area contributed by atoms with Crippen LogP contribution >= 0.6 is 0 Å². The van der Waals surface area contributed by atoms with Crippen molar-refractivity contribution in [1.29, 1.82) is 0 Å². The van der Waals surface area contributed by atoms with Crippen molar-refractivity contribution in [3.63, 3.8) is 0 Å². The summed E-state index contributed by atoms with van der Waals surface area (Å²) in [7, 11) is 1.46. The molecule has 0 atom stereocenters. The van der Waals surface area contributed by atoms with Crippen LogP contribution in [0.25, 0.3) is 6.08 Å². The Bertz CT molecular complexity index is 1590. The topological polar surface area (TPSA) is 92.8 Å². The fraction of sp³-hybridized carbons (Fsp3) is 0.0323. The number of carbonyl (C=O) groups excluding carboxylic acids is 4. The number of hydrogen-bond acceptors (Lipinski definition) is 5. The van der Waals surface area contributed by atoms with Gasteiger partial charge in [0.1, 0.15) is 5.75 Å². The average molecular weight is 503 g/mol. The van der Waals surface area contributed by atoms with Gasteiger partial charge >= 0.3 is 0 Å². The van der Waals surface area contributed by atoms with Crippen molar-refractivity contribution in [3.05, 3.63) is 131 Å². The summed E-state index contributed by atoms with van der Waals surface area (Å²) in [5.41, 5.74) is 2.89. The number of carbonyl (C=O) groups is 4. The van der Waals surface area contributed by atoms with Crippen molar-refractivity contribution < 1.29 is 23.9 Å². The van der Waals surface area contributed by atoms with Crippen molar-refractivity contribution in [1.82, 2.24) is 0 Å². The predicted octanol–water partition coefficient (Wildman–Crippen LogP) is 5.64. The molecular formula is C31H22N2O5. The number of nitrogens with zero attached hydrogens (tertiary/aromatic N) is 1. The monoisotopic (exact) mass is 502 g/mol. The normalized spacial score (nSPS) is 12.5. The molecule has 1 N–H and O–H groups in total. The number of amides is 3. The van der Waals surface area contributed by atoms with Crippen molar-refractivity contribution in [2.75, 3.05) is 17.3 Å². The van der Waals surface area contributed by atoms with Gasteiger partial charge in [-0.1, -0.05) is 60.7 Å². The van der Waals surface area contributed by atoms with Gasteiger partial charge in [0.25, 0.3) is 17.7 Å². The first-order valence-electron chi connectivity index (χ1n) is 11.8. The van der Waals surface area contributed by atoms with Crippen LogP contribution in [0.1, 0.15) is 47.0 Å². The lowest BCUT2D eigenvalue weighted by atomic mass is 10.1. The number of methoxy groups -OCH3 is 1. The minimum Gasteiger partial charge on any atom is -0.495 e. The van der Waals surface area contributed by atoms with Crippen molar-refractivity contribution in [3.8, 4) is 5.75 Å². The van der Waals surface area contributed by atoms with Gasteiger partial charge in [0.15, 0.2) is 5.78 Å². The van der Waals surface area contributed by atoms with Crippen molar-refractivity contribution >= 4 is 41.0 Å². The highest BCUT2D eigenvalue weighted by Gasteiger charge is 2.38. The molecule has 3 amide bonds. The van der Waals surface area contributed by atoms with E-state index in [4.69, 9.17) is 4.74 Å². The molecule has 1 heterocycles. The quantitative estimate of drug-likeness (QED) is 0.200. The van der Waals surface area contributed by atoms with E-state index in [2.05, 4.69) is 5.32 Å². The number of allylic oxidation sites excluding steroid dienone is 1. The fourth-order valence-electron chi connectivity index (χ4n) is 4.17.